The van der Waals surface area contributed by atoms with Gasteiger partial charge >= 0.3 is 6.03 Å². The molecule has 0 aliphatic heterocycles. The van der Waals surface area contributed by atoms with Crippen molar-refractivity contribution < 1.29 is 14.1 Å². The van der Waals surface area contributed by atoms with Crippen LogP contribution < -0.4 is 16.0 Å². The van der Waals surface area contributed by atoms with Gasteiger partial charge in [0.2, 0.25) is 11.8 Å². The molecular formula is C10H17N5O3. The number of nitrogens with one attached hydrogen (secondary N) is 3. The lowest BCUT2D eigenvalue weighted by molar-refractivity contribution is -0.121. The molecule has 100 valence electrons. The second-order valence-electron chi connectivity index (χ2n) is 3.68. The molecule has 3 N–H and O–H groups in total. The van der Waals surface area contributed by atoms with Crippen LogP contribution in [0.2, 0.25) is 0 Å². The van der Waals surface area contributed by atoms with E-state index < -0.39 is 18.0 Å². The Labute approximate surface area is 105 Å². The maximum atomic E-state index is 11.6. The molecule has 18 heavy (non-hydrogen) atoms. The zero-order chi connectivity index (χ0) is 13.5. The van der Waals surface area contributed by atoms with Gasteiger partial charge in [0.1, 0.15) is 0 Å². The molecule has 0 fully saturated rings. The summed E-state index contributed by atoms with van der Waals surface area (Å²) in [4.78, 5) is 26.7. The van der Waals surface area contributed by atoms with Crippen molar-refractivity contribution in [1.82, 2.24) is 26.1 Å². The second-order valence-corrected chi connectivity index (χ2v) is 3.68. The van der Waals surface area contributed by atoms with Gasteiger partial charge in [-0.25, -0.2) is 4.79 Å². The molecule has 0 aromatic carbocycles. The van der Waals surface area contributed by atoms with Crippen LogP contribution in [0.3, 0.4) is 0 Å². The van der Waals surface area contributed by atoms with Crippen molar-refractivity contribution >= 4 is 11.9 Å². The molecule has 0 spiro atoms. The molecule has 0 bridgehead atoms. The number of hydrogen-bond donors (Lipinski definition) is 3. The lowest BCUT2D eigenvalue weighted by Gasteiger charge is -2.12. The van der Waals surface area contributed by atoms with Gasteiger partial charge in [-0.15, -0.1) is 0 Å². The Balaban J connectivity index is 2.33. The summed E-state index contributed by atoms with van der Waals surface area (Å²) in [6.45, 7) is 5.85. The molecule has 1 heterocycles. The van der Waals surface area contributed by atoms with Gasteiger partial charge in [0.05, 0.1) is 12.6 Å². The average molecular weight is 255 g/mol. The monoisotopic (exact) mass is 255 g/mol. The molecule has 0 radical (unpaired) electrons. The van der Waals surface area contributed by atoms with E-state index in [1.54, 1.807) is 20.8 Å². The molecule has 8 nitrogen and oxygen atoms in total. The SMILES string of the molecule is CCNC(=O)NC(=O)C(C)NCc1noc(C)n1. The maximum absolute atomic E-state index is 11.6. The lowest BCUT2D eigenvalue weighted by Crippen LogP contribution is -2.47. The Bertz CT molecular complexity index is 417. The van der Waals surface area contributed by atoms with E-state index in [9.17, 15) is 9.59 Å². The van der Waals surface area contributed by atoms with Crippen molar-refractivity contribution in [3.05, 3.63) is 11.7 Å². The van der Waals surface area contributed by atoms with Crippen LogP contribution in [-0.4, -0.2) is 34.7 Å². The molecule has 1 rings (SSSR count). The quantitative estimate of drug-likeness (QED) is 0.666. The molecule has 1 unspecified atom stereocenters. The summed E-state index contributed by atoms with van der Waals surface area (Å²) in [5, 5.41) is 11.2. The summed E-state index contributed by atoms with van der Waals surface area (Å²) < 4.78 is 4.79. The Kier molecular flexibility index (Phi) is 5.25. The van der Waals surface area contributed by atoms with E-state index in [4.69, 9.17) is 4.52 Å². The van der Waals surface area contributed by atoms with Crippen molar-refractivity contribution in [2.45, 2.75) is 33.4 Å². The molecule has 3 amide bonds. The molecule has 1 aromatic rings. The standard InChI is InChI=1S/C10H17N5O3/c1-4-11-10(17)14-9(16)6(2)12-5-8-13-7(3)18-15-8/h6,12H,4-5H2,1-3H3,(H2,11,14,16,17). The minimum atomic E-state index is -0.536. The number of rotatable bonds is 5. The van der Waals surface area contributed by atoms with E-state index in [2.05, 4.69) is 26.1 Å². The van der Waals surface area contributed by atoms with Gasteiger partial charge in [-0.05, 0) is 13.8 Å². The van der Waals surface area contributed by atoms with Crippen LogP contribution in [0.5, 0.6) is 0 Å². The molecule has 1 atom stereocenters. The van der Waals surface area contributed by atoms with Gasteiger partial charge in [-0.1, -0.05) is 5.16 Å². The molecule has 0 saturated carbocycles. The van der Waals surface area contributed by atoms with Gasteiger partial charge in [0.15, 0.2) is 5.82 Å². The number of urea groups is 1. The van der Waals surface area contributed by atoms with Crippen LogP contribution >= 0.6 is 0 Å². The van der Waals surface area contributed by atoms with E-state index in [0.717, 1.165) is 0 Å². The third kappa shape index (κ3) is 4.50. The molecule has 0 aliphatic rings. The molecule has 8 heteroatoms. The van der Waals surface area contributed by atoms with E-state index >= 15 is 0 Å². The van der Waals surface area contributed by atoms with Crippen LogP contribution in [0, 0.1) is 6.92 Å². The predicted molar refractivity (Wildman–Crippen MR) is 62.6 cm³/mol. The first-order valence-corrected chi connectivity index (χ1v) is 5.64. The summed E-state index contributed by atoms with van der Waals surface area (Å²) in [6.07, 6.45) is 0. The predicted octanol–water partition coefficient (Wildman–Crippen LogP) is -0.298. The number of carbonyl (C=O) groups excluding carboxylic acids is 2. The maximum Gasteiger partial charge on any atom is 0.321 e. The number of nitrogens with zero attached hydrogens (tertiary/aromatic N) is 2. The summed E-state index contributed by atoms with van der Waals surface area (Å²) in [5.74, 6) is 0.512. The number of aryl methyl sites for hydroxylation is 1. The van der Waals surface area contributed by atoms with Crippen LogP contribution in [0.15, 0.2) is 4.52 Å². The molecule has 1 aromatic heterocycles. The fourth-order valence-electron chi connectivity index (χ4n) is 1.18. The van der Waals surface area contributed by atoms with Crippen molar-refractivity contribution in [3.8, 4) is 0 Å². The fraction of sp³-hybridized carbons (Fsp3) is 0.600. The summed E-state index contributed by atoms with van der Waals surface area (Å²) in [5.41, 5.74) is 0. The number of aromatic nitrogens is 2. The van der Waals surface area contributed by atoms with Gasteiger partial charge < -0.3 is 9.84 Å². The highest BCUT2D eigenvalue weighted by molar-refractivity contribution is 5.96. The smallest absolute Gasteiger partial charge is 0.321 e. The first-order chi connectivity index (χ1) is 8.52. The van der Waals surface area contributed by atoms with Crippen molar-refractivity contribution in [1.29, 1.82) is 0 Å². The summed E-state index contributed by atoms with van der Waals surface area (Å²) in [6, 6.07) is -1.04. The van der Waals surface area contributed by atoms with Crippen LogP contribution in [0.4, 0.5) is 4.79 Å². The molecule has 0 saturated heterocycles. The van der Waals surface area contributed by atoms with Crippen LogP contribution in [-0.2, 0) is 11.3 Å². The third-order valence-electron chi connectivity index (χ3n) is 2.10. The Hall–Kier alpha value is -1.96. The Morgan fingerprint density at radius 3 is 2.72 bits per heavy atom. The Morgan fingerprint density at radius 2 is 2.17 bits per heavy atom. The number of imide groups is 1. The minimum Gasteiger partial charge on any atom is -0.340 e. The van der Waals surface area contributed by atoms with Crippen molar-refractivity contribution in [2.75, 3.05) is 6.54 Å². The minimum absolute atomic E-state index is 0.293. The van der Waals surface area contributed by atoms with Crippen LogP contribution in [0.1, 0.15) is 25.6 Å². The van der Waals surface area contributed by atoms with E-state index in [1.807, 2.05) is 0 Å². The average Bonchev–Trinajstić information content (AvgIpc) is 2.72. The van der Waals surface area contributed by atoms with E-state index in [-0.39, 0.29) is 0 Å². The van der Waals surface area contributed by atoms with Gasteiger partial charge in [0.25, 0.3) is 0 Å². The highest BCUT2D eigenvalue weighted by Gasteiger charge is 2.15. The van der Waals surface area contributed by atoms with Crippen LogP contribution in [0.25, 0.3) is 0 Å². The summed E-state index contributed by atoms with van der Waals surface area (Å²) in [7, 11) is 0. The normalized spacial score (nSPS) is 11.9. The first-order valence-electron chi connectivity index (χ1n) is 5.64. The van der Waals surface area contributed by atoms with Gasteiger partial charge in [0, 0.05) is 13.5 Å². The number of amides is 3. The molecule has 0 aliphatic carbocycles. The summed E-state index contributed by atoms with van der Waals surface area (Å²) >= 11 is 0. The largest absolute Gasteiger partial charge is 0.340 e. The zero-order valence-electron chi connectivity index (χ0n) is 10.6. The highest BCUT2D eigenvalue weighted by Crippen LogP contribution is 1.95. The number of carbonyl (C=O) groups is 2. The Morgan fingerprint density at radius 1 is 1.44 bits per heavy atom. The lowest BCUT2D eigenvalue weighted by atomic mass is 10.3. The highest BCUT2D eigenvalue weighted by atomic mass is 16.5. The zero-order valence-corrected chi connectivity index (χ0v) is 10.6. The fourth-order valence-corrected chi connectivity index (χ4v) is 1.18. The topological polar surface area (TPSA) is 109 Å². The van der Waals surface area contributed by atoms with E-state index in [0.29, 0.717) is 24.8 Å². The first kappa shape index (κ1) is 14.1. The number of hydrogen-bond acceptors (Lipinski definition) is 6. The van der Waals surface area contributed by atoms with Gasteiger partial charge in [-0.2, -0.15) is 4.98 Å². The van der Waals surface area contributed by atoms with Gasteiger partial charge in [-0.3, -0.25) is 15.4 Å². The van der Waals surface area contributed by atoms with Crippen molar-refractivity contribution in [3.63, 3.8) is 0 Å². The second kappa shape index (κ2) is 6.70. The van der Waals surface area contributed by atoms with Crippen molar-refractivity contribution in [2.24, 2.45) is 0 Å². The third-order valence-corrected chi connectivity index (χ3v) is 2.10. The molecular weight excluding hydrogens is 238 g/mol. The van der Waals surface area contributed by atoms with E-state index in [1.165, 1.54) is 0 Å².